The number of aliphatic hydroxyl groups is 1. The molecule has 0 saturated carbocycles. The maximum Gasteiger partial charge on any atom is 0.245 e. The molecule has 1 unspecified atom stereocenters. The number of rotatable bonds is 4. The fraction of sp³-hybridized carbons (Fsp3) is 0.550. The highest BCUT2D eigenvalue weighted by atomic mass is 16.3. The maximum atomic E-state index is 11.7. The summed E-state index contributed by atoms with van der Waals surface area (Å²) in [6.07, 6.45) is 3.13. The van der Waals surface area contributed by atoms with Gasteiger partial charge in [0.2, 0.25) is 5.91 Å². The quantitative estimate of drug-likeness (QED) is 0.797. The largest absolute Gasteiger partial charge is 0.387 e. The summed E-state index contributed by atoms with van der Waals surface area (Å²) in [5, 5.41) is 13.5. The summed E-state index contributed by atoms with van der Waals surface area (Å²) in [6, 6.07) is 7.16. The minimum absolute atomic E-state index is 0.101. The molecule has 25 heavy (non-hydrogen) atoms. The van der Waals surface area contributed by atoms with Crippen LogP contribution in [0.3, 0.4) is 0 Å². The first-order chi connectivity index (χ1) is 12.1. The van der Waals surface area contributed by atoms with Crippen LogP contribution in [0.15, 0.2) is 18.2 Å². The van der Waals surface area contributed by atoms with Crippen molar-refractivity contribution in [3.63, 3.8) is 0 Å². The number of likely N-dealkylation sites (tertiary alicyclic amines) is 1. The first kappa shape index (κ1) is 16.6. The van der Waals surface area contributed by atoms with Crippen molar-refractivity contribution in [2.45, 2.75) is 51.1 Å². The number of piperidine rings is 1. The average molecular weight is 341 g/mol. The number of hydrogen-bond donors (Lipinski definition) is 3. The number of aliphatic hydroxyl groups excluding tert-OH is 1. The molecule has 1 aromatic carbocycles. The van der Waals surface area contributed by atoms with Crippen LogP contribution in [0, 0.1) is 6.92 Å². The molecule has 0 radical (unpaired) electrons. The lowest BCUT2D eigenvalue weighted by atomic mass is 9.73. The smallest absolute Gasteiger partial charge is 0.245 e. The second-order valence-electron chi connectivity index (χ2n) is 7.53. The van der Waals surface area contributed by atoms with Gasteiger partial charge in [-0.15, -0.1) is 0 Å². The normalized spacial score (nSPS) is 25.8. The monoisotopic (exact) mass is 341 g/mol. The topological polar surface area (TPSA) is 68.4 Å². The number of H-pyrrole nitrogens is 1. The standard InChI is InChI=1S/C20H27N3O2/c1-3-7-23-10-13(22-19(25)11-24)8-16-14-5-4-6-17-20(14)15(9-18(16)23)12(2)21-17/h4-6,13,16,18,21,24H,3,7-11H2,1-2H3,(H,22,25)/t13-,16?,18+/m0/s1. The van der Waals surface area contributed by atoms with Gasteiger partial charge in [-0.05, 0) is 49.9 Å². The zero-order chi connectivity index (χ0) is 17.6. The van der Waals surface area contributed by atoms with Crippen molar-refractivity contribution >= 4 is 16.8 Å². The molecule has 1 aromatic heterocycles. The van der Waals surface area contributed by atoms with E-state index in [1.54, 1.807) is 0 Å². The Labute approximate surface area is 148 Å². The Hall–Kier alpha value is -1.85. The Morgan fingerprint density at radius 2 is 2.28 bits per heavy atom. The molecule has 5 nitrogen and oxygen atoms in total. The highest BCUT2D eigenvalue weighted by Crippen LogP contribution is 2.44. The molecule has 1 aliphatic heterocycles. The number of benzene rings is 1. The zero-order valence-electron chi connectivity index (χ0n) is 15.0. The lowest BCUT2D eigenvalue weighted by molar-refractivity contribution is -0.125. The van der Waals surface area contributed by atoms with Gasteiger partial charge in [0.1, 0.15) is 6.61 Å². The number of aromatic amines is 1. The van der Waals surface area contributed by atoms with Crippen molar-refractivity contribution in [2.24, 2.45) is 0 Å². The van der Waals surface area contributed by atoms with Crippen molar-refractivity contribution < 1.29 is 9.90 Å². The molecule has 3 N–H and O–H groups in total. The van der Waals surface area contributed by atoms with Gasteiger partial charge in [-0.3, -0.25) is 9.69 Å². The van der Waals surface area contributed by atoms with E-state index >= 15 is 0 Å². The molecule has 0 spiro atoms. The second kappa shape index (κ2) is 6.46. The summed E-state index contributed by atoms with van der Waals surface area (Å²) >= 11 is 0. The number of amides is 1. The van der Waals surface area contributed by atoms with Crippen molar-refractivity contribution in [3.8, 4) is 0 Å². The van der Waals surface area contributed by atoms with Crippen LogP contribution < -0.4 is 5.32 Å². The summed E-state index contributed by atoms with van der Waals surface area (Å²) in [5.41, 5.74) is 5.39. The fourth-order valence-corrected chi connectivity index (χ4v) is 4.99. The van der Waals surface area contributed by atoms with Crippen LogP contribution in [0.25, 0.3) is 10.9 Å². The van der Waals surface area contributed by atoms with E-state index in [1.807, 2.05) is 0 Å². The van der Waals surface area contributed by atoms with Crippen LogP contribution in [-0.4, -0.2) is 52.7 Å². The minimum Gasteiger partial charge on any atom is -0.387 e. The van der Waals surface area contributed by atoms with Crippen LogP contribution in [0.1, 0.15) is 42.5 Å². The first-order valence-electron chi connectivity index (χ1n) is 9.36. The zero-order valence-corrected chi connectivity index (χ0v) is 15.0. The van der Waals surface area contributed by atoms with Gasteiger partial charge in [0, 0.05) is 41.1 Å². The summed E-state index contributed by atoms with van der Waals surface area (Å²) in [5.74, 6) is 0.155. The highest BCUT2D eigenvalue weighted by Gasteiger charge is 2.41. The Morgan fingerprint density at radius 3 is 3.04 bits per heavy atom. The second-order valence-corrected chi connectivity index (χ2v) is 7.53. The van der Waals surface area contributed by atoms with Gasteiger partial charge in [0.25, 0.3) is 0 Å². The number of fused-ring (bicyclic) bond motifs is 2. The fourth-order valence-electron chi connectivity index (χ4n) is 4.99. The van der Waals surface area contributed by atoms with E-state index in [1.165, 1.54) is 27.7 Å². The lowest BCUT2D eigenvalue weighted by Crippen LogP contribution is -2.56. The Bertz CT molecular complexity index is 798. The molecule has 2 heterocycles. The number of carbonyl (C=O) groups is 1. The minimum atomic E-state index is -0.435. The van der Waals surface area contributed by atoms with E-state index < -0.39 is 6.61 Å². The van der Waals surface area contributed by atoms with Crippen LogP contribution in [-0.2, 0) is 11.2 Å². The van der Waals surface area contributed by atoms with E-state index in [0.717, 1.165) is 32.4 Å². The molecular formula is C20H27N3O2. The molecule has 1 fully saturated rings. The summed E-state index contributed by atoms with van der Waals surface area (Å²) in [4.78, 5) is 17.8. The van der Waals surface area contributed by atoms with Gasteiger partial charge in [-0.25, -0.2) is 0 Å². The lowest BCUT2D eigenvalue weighted by Gasteiger charge is -2.47. The van der Waals surface area contributed by atoms with Crippen LogP contribution in [0.2, 0.25) is 0 Å². The predicted molar refractivity (Wildman–Crippen MR) is 98.8 cm³/mol. The summed E-state index contributed by atoms with van der Waals surface area (Å²) < 4.78 is 0. The van der Waals surface area contributed by atoms with Crippen molar-refractivity contribution in [1.29, 1.82) is 0 Å². The van der Waals surface area contributed by atoms with Crippen LogP contribution >= 0.6 is 0 Å². The molecule has 4 rings (SSSR count). The summed E-state index contributed by atoms with van der Waals surface area (Å²) in [7, 11) is 0. The van der Waals surface area contributed by atoms with Crippen molar-refractivity contribution in [2.75, 3.05) is 19.7 Å². The van der Waals surface area contributed by atoms with E-state index in [2.05, 4.69) is 47.2 Å². The van der Waals surface area contributed by atoms with Gasteiger partial charge >= 0.3 is 0 Å². The third-order valence-corrected chi connectivity index (χ3v) is 5.93. The molecule has 3 atom stereocenters. The van der Waals surface area contributed by atoms with Gasteiger partial charge in [0.05, 0.1) is 0 Å². The van der Waals surface area contributed by atoms with Crippen LogP contribution in [0.5, 0.6) is 0 Å². The van der Waals surface area contributed by atoms with Crippen molar-refractivity contribution in [3.05, 3.63) is 35.0 Å². The van der Waals surface area contributed by atoms with Gasteiger partial charge in [0.15, 0.2) is 0 Å². The molecule has 1 saturated heterocycles. The Morgan fingerprint density at radius 1 is 1.44 bits per heavy atom. The molecule has 1 aliphatic carbocycles. The molecule has 0 bridgehead atoms. The highest BCUT2D eigenvalue weighted by molar-refractivity contribution is 5.89. The molecule has 134 valence electrons. The third kappa shape index (κ3) is 2.75. The van der Waals surface area contributed by atoms with Crippen molar-refractivity contribution in [1.82, 2.24) is 15.2 Å². The number of nitrogens with one attached hydrogen (secondary N) is 2. The number of carbonyl (C=O) groups excluding carboxylic acids is 1. The van der Waals surface area contributed by atoms with E-state index in [4.69, 9.17) is 5.11 Å². The predicted octanol–water partition coefficient (Wildman–Crippen LogP) is 2.08. The molecular weight excluding hydrogens is 314 g/mol. The first-order valence-corrected chi connectivity index (χ1v) is 9.36. The number of nitrogens with zero attached hydrogens (tertiary/aromatic N) is 1. The van der Waals surface area contributed by atoms with Gasteiger partial charge in [-0.2, -0.15) is 0 Å². The van der Waals surface area contributed by atoms with Gasteiger partial charge in [-0.1, -0.05) is 19.1 Å². The molecule has 2 aliphatic rings. The van der Waals surface area contributed by atoms with Gasteiger partial charge < -0.3 is 15.4 Å². The van der Waals surface area contributed by atoms with E-state index in [0.29, 0.717) is 12.0 Å². The third-order valence-electron chi connectivity index (χ3n) is 5.93. The molecule has 5 heteroatoms. The Balaban J connectivity index is 1.74. The molecule has 1 amide bonds. The number of aromatic nitrogens is 1. The number of hydrogen-bond acceptors (Lipinski definition) is 3. The maximum absolute atomic E-state index is 11.7. The van der Waals surface area contributed by atoms with E-state index in [9.17, 15) is 4.79 Å². The summed E-state index contributed by atoms with van der Waals surface area (Å²) in [6.45, 7) is 5.87. The SMILES string of the molecule is CCCN1C[C@@H](NC(=O)CO)CC2c3cccc4[nH]c(C)c(c34)C[C@H]21. The number of aryl methyl sites for hydroxylation is 1. The Kier molecular flexibility index (Phi) is 4.29. The van der Waals surface area contributed by atoms with E-state index in [-0.39, 0.29) is 11.9 Å². The average Bonchev–Trinajstić information content (AvgIpc) is 2.93. The molecule has 2 aromatic rings. The van der Waals surface area contributed by atoms with Crippen LogP contribution in [0.4, 0.5) is 0 Å².